The molecule has 2 bridgehead atoms. The number of nitrogens with two attached hydrogens (primary N) is 1. The minimum atomic E-state index is -0.959. The highest BCUT2D eigenvalue weighted by molar-refractivity contribution is 5.73. The van der Waals surface area contributed by atoms with E-state index >= 15 is 0 Å². The van der Waals surface area contributed by atoms with Gasteiger partial charge in [-0.15, -0.1) is 0 Å². The van der Waals surface area contributed by atoms with Crippen molar-refractivity contribution < 1.29 is 24.9 Å². The number of carboxylic acid groups (broad SMARTS) is 1. The molecule has 2 aromatic rings. The summed E-state index contributed by atoms with van der Waals surface area (Å²) in [6.45, 7) is 1.01. The van der Waals surface area contributed by atoms with E-state index in [1.165, 1.54) is 11.1 Å². The molecule has 174 valence electrons. The molecule has 5 N–H and O–H groups in total. The Bertz CT molecular complexity index is 1090. The summed E-state index contributed by atoms with van der Waals surface area (Å²) in [5, 5.41) is 29.2. The van der Waals surface area contributed by atoms with E-state index in [0.29, 0.717) is 24.1 Å². The summed E-state index contributed by atoms with van der Waals surface area (Å²) >= 11 is 0. The zero-order valence-corrected chi connectivity index (χ0v) is 18.6. The monoisotopic (exact) mass is 450 g/mol. The number of hydrogen-bond donors (Lipinski definition) is 4. The minimum absolute atomic E-state index is 0.160. The molecule has 2 aliphatic carbocycles. The van der Waals surface area contributed by atoms with Crippen LogP contribution in [0.4, 0.5) is 0 Å². The molecular formula is C26H30N2O5. The Hall–Kier alpha value is -2.87. The summed E-state index contributed by atoms with van der Waals surface area (Å²) in [4.78, 5) is 12.8. The SMILES string of the molecule is CN1CC[C@]23c4c5ccc(O)c4O[C@H]2[C@@H](O)C=C[C@H]3[C@H]1C5.N[C@H](Cc1ccccc1)C(=O)O. The van der Waals surface area contributed by atoms with E-state index < -0.39 is 18.1 Å². The predicted octanol–water partition coefficient (Wildman–Crippen LogP) is 1.84. The first-order valence-corrected chi connectivity index (χ1v) is 11.4. The van der Waals surface area contributed by atoms with Gasteiger partial charge in [0.25, 0.3) is 0 Å². The van der Waals surface area contributed by atoms with Crippen LogP contribution >= 0.6 is 0 Å². The van der Waals surface area contributed by atoms with E-state index in [1.807, 2.05) is 42.5 Å². The fraction of sp³-hybridized carbons (Fsp3) is 0.423. The predicted molar refractivity (Wildman–Crippen MR) is 123 cm³/mol. The molecule has 0 aromatic heterocycles. The van der Waals surface area contributed by atoms with Gasteiger partial charge in [0.15, 0.2) is 11.5 Å². The molecule has 0 unspecified atom stereocenters. The van der Waals surface area contributed by atoms with Crippen molar-refractivity contribution in [3.05, 3.63) is 71.3 Å². The standard InChI is InChI=1S/C17H19NO3.C9H11NO2/c1-18-7-6-17-10-3-5-13(20)16(17)21-15-12(19)4-2-9(14(15)17)8-11(10)18;10-8(9(11)12)6-7-4-2-1-3-5-7/h2-5,10-11,13,16,19-20H,6-8H2,1H3;1-5,8H,6,10H2,(H,11,12)/t10-,11+,13-,16-,17-;8-/m01/s1. The number of rotatable bonds is 3. The lowest BCUT2D eigenvalue weighted by molar-refractivity contribution is -0.138. The van der Waals surface area contributed by atoms with Gasteiger partial charge in [-0.3, -0.25) is 4.79 Å². The van der Waals surface area contributed by atoms with Gasteiger partial charge in [-0.25, -0.2) is 0 Å². The molecule has 2 aliphatic heterocycles. The number of likely N-dealkylation sites (tertiary alicyclic amines) is 1. The maximum Gasteiger partial charge on any atom is 0.320 e. The summed E-state index contributed by atoms with van der Waals surface area (Å²) in [7, 11) is 2.19. The Labute approximate surface area is 193 Å². The van der Waals surface area contributed by atoms with Crippen LogP contribution in [0, 0.1) is 5.92 Å². The second-order valence-electron chi connectivity index (χ2n) is 9.56. The van der Waals surface area contributed by atoms with Gasteiger partial charge in [0.2, 0.25) is 0 Å². The van der Waals surface area contributed by atoms with Crippen LogP contribution in [0.15, 0.2) is 54.6 Å². The molecule has 7 heteroatoms. The van der Waals surface area contributed by atoms with Crippen molar-refractivity contribution in [1.82, 2.24) is 4.90 Å². The minimum Gasteiger partial charge on any atom is -0.504 e. The molecule has 6 atom stereocenters. The number of piperidine rings is 1. The van der Waals surface area contributed by atoms with Gasteiger partial charge in [-0.1, -0.05) is 48.6 Å². The van der Waals surface area contributed by atoms with E-state index in [4.69, 9.17) is 15.6 Å². The highest BCUT2D eigenvalue weighted by Gasteiger charge is 2.64. The largest absolute Gasteiger partial charge is 0.504 e. The lowest BCUT2D eigenvalue weighted by Gasteiger charge is -2.56. The number of phenolic OH excluding ortho intramolecular Hbond substituents is 1. The van der Waals surface area contributed by atoms with Gasteiger partial charge >= 0.3 is 5.97 Å². The number of carbonyl (C=O) groups is 1. The maximum absolute atomic E-state index is 10.4. The fourth-order valence-corrected chi connectivity index (χ4v) is 6.19. The Balaban J connectivity index is 0.000000164. The van der Waals surface area contributed by atoms with Crippen LogP contribution in [0.3, 0.4) is 0 Å². The van der Waals surface area contributed by atoms with E-state index in [1.54, 1.807) is 6.07 Å². The van der Waals surface area contributed by atoms with Crippen molar-refractivity contribution in [2.75, 3.05) is 13.6 Å². The molecule has 6 rings (SSSR count). The second-order valence-corrected chi connectivity index (χ2v) is 9.56. The van der Waals surface area contributed by atoms with Crippen LogP contribution in [-0.2, 0) is 23.1 Å². The third-order valence-electron chi connectivity index (χ3n) is 7.77. The van der Waals surface area contributed by atoms with Gasteiger partial charge < -0.3 is 30.7 Å². The quantitative estimate of drug-likeness (QED) is 0.527. The van der Waals surface area contributed by atoms with Crippen LogP contribution in [0.25, 0.3) is 0 Å². The number of benzene rings is 2. The number of aromatic hydroxyl groups is 1. The molecule has 2 heterocycles. The van der Waals surface area contributed by atoms with Crippen molar-refractivity contribution >= 4 is 5.97 Å². The zero-order chi connectivity index (χ0) is 23.3. The van der Waals surface area contributed by atoms with Crippen LogP contribution in [0.5, 0.6) is 11.5 Å². The molecule has 0 saturated carbocycles. The third-order valence-corrected chi connectivity index (χ3v) is 7.77. The Morgan fingerprint density at radius 1 is 1.24 bits per heavy atom. The molecular weight excluding hydrogens is 420 g/mol. The number of hydrogen-bond acceptors (Lipinski definition) is 6. The zero-order valence-electron chi connectivity index (χ0n) is 18.6. The Kier molecular flexibility index (Phi) is 5.43. The molecule has 1 saturated heterocycles. The lowest BCUT2D eigenvalue weighted by Crippen LogP contribution is -2.64. The molecule has 7 nitrogen and oxygen atoms in total. The van der Waals surface area contributed by atoms with Crippen molar-refractivity contribution in [1.29, 1.82) is 0 Å². The number of carboxylic acids is 1. The normalized spacial score (nSPS) is 31.6. The summed E-state index contributed by atoms with van der Waals surface area (Å²) in [6.07, 6.45) is 5.56. The second kappa shape index (κ2) is 8.17. The van der Waals surface area contributed by atoms with Crippen molar-refractivity contribution in [3.63, 3.8) is 0 Å². The van der Waals surface area contributed by atoms with Crippen LogP contribution in [0.2, 0.25) is 0 Å². The number of aliphatic hydroxyl groups excluding tert-OH is 1. The lowest BCUT2D eigenvalue weighted by atomic mass is 9.53. The number of ether oxygens (including phenoxy) is 1. The van der Waals surface area contributed by atoms with Crippen molar-refractivity contribution in [2.45, 2.75) is 49.0 Å². The highest BCUT2D eigenvalue weighted by Crippen LogP contribution is 2.62. The molecule has 2 aromatic carbocycles. The molecule has 1 spiro atoms. The van der Waals surface area contributed by atoms with Crippen LogP contribution in [0.1, 0.15) is 23.1 Å². The first-order valence-electron chi connectivity index (χ1n) is 11.4. The Morgan fingerprint density at radius 3 is 2.73 bits per heavy atom. The van der Waals surface area contributed by atoms with Gasteiger partial charge in [-0.2, -0.15) is 0 Å². The molecule has 4 aliphatic rings. The highest BCUT2D eigenvalue weighted by atomic mass is 16.5. The van der Waals surface area contributed by atoms with Gasteiger partial charge in [0.05, 0.1) is 0 Å². The summed E-state index contributed by atoms with van der Waals surface area (Å²) < 4.78 is 6.09. The summed E-state index contributed by atoms with van der Waals surface area (Å²) in [6, 6.07) is 12.8. The van der Waals surface area contributed by atoms with E-state index in [2.05, 4.69) is 18.0 Å². The number of nitrogens with zero attached hydrogens (tertiary/aromatic N) is 1. The molecule has 33 heavy (non-hydrogen) atoms. The number of phenols is 1. The van der Waals surface area contributed by atoms with Gasteiger partial charge in [0, 0.05) is 22.9 Å². The first kappa shape index (κ1) is 21.9. The number of aliphatic carboxylic acids is 1. The van der Waals surface area contributed by atoms with Gasteiger partial charge in [-0.05, 0) is 50.0 Å². The average molecular weight is 451 g/mol. The van der Waals surface area contributed by atoms with E-state index in [9.17, 15) is 15.0 Å². The van der Waals surface area contributed by atoms with Gasteiger partial charge in [0.1, 0.15) is 18.2 Å². The van der Waals surface area contributed by atoms with Crippen LogP contribution in [-0.4, -0.2) is 64.1 Å². The summed E-state index contributed by atoms with van der Waals surface area (Å²) in [5.74, 6) is 0.230. The molecule has 1 fully saturated rings. The number of aliphatic hydroxyl groups is 1. The van der Waals surface area contributed by atoms with Crippen LogP contribution < -0.4 is 10.5 Å². The summed E-state index contributed by atoms with van der Waals surface area (Å²) in [5.41, 5.74) is 8.59. The maximum atomic E-state index is 10.4. The number of likely N-dealkylation sites (N-methyl/N-ethyl adjacent to an activating group) is 1. The molecule has 0 amide bonds. The van der Waals surface area contributed by atoms with Crippen molar-refractivity contribution in [3.8, 4) is 11.5 Å². The third kappa shape index (κ3) is 3.42. The van der Waals surface area contributed by atoms with Crippen molar-refractivity contribution in [2.24, 2.45) is 11.7 Å². The topological polar surface area (TPSA) is 116 Å². The first-order chi connectivity index (χ1) is 15.8. The molecule has 0 radical (unpaired) electrons. The average Bonchev–Trinajstić information content (AvgIpc) is 3.16. The van der Waals surface area contributed by atoms with E-state index in [0.717, 1.165) is 24.9 Å². The fourth-order valence-electron chi connectivity index (χ4n) is 6.19. The smallest absolute Gasteiger partial charge is 0.320 e. The Morgan fingerprint density at radius 2 is 2.00 bits per heavy atom. The van der Waals surface area contributed by atoms with E-state index in [-0.39, 0.29) is 17.3 Å².